The van der Waals surface area contributed by atoms with Gasteiger partial charge in [-0.2, -0.15) is 0 Å². The van der Waals surface area contributed by atoms with E-state index in [4.69, 9.17) is 0 Å². The molecule has 80 valence electrons. The van der Waals surface area contributed by atoms with E-state index < -0.39 is 5.60 Å². The van der Waals surface area contributed by atoms with Gasteiger partial charge >= 0.3 is 0 Å². The van der Waals surface area contributed by atoms with Crippen molar-refractivity contribution in [1.82, 2.24) is 4.98 Å². The van der Waals surface area contributed by atoms with Gasteiger partial charge < -0.3 is 10.4 Å². The summed E-state index contributed by atoms with van der Waals surface area (Å²) in [6, 6.07) is 3.89. The Kier molecular flexibility index (Phi) is 1.67. The number of nitrogens with zero attached hydrogens (tertiary/aromatic N) is 1. The summed E-state index contributed by atoms with van der Waals surface area (Å²) in [4.78, 5) is 4.26. The van der Waals surface area contributed by atoms with Crippen LogP contribution in [0.2, 0.25) is 0 Å². The van der Waals surface area contributed by atoms with Gasteiger partial charge in [0.2, 0.25) is 0 Å². The molecule has 1 aliphatic carbocycles. The zero-order valence-electron chi connectivity index (χ0n) is 8.95. The maximum absolute atomic E-state index is 10.8. The Balaban J connectivity index is 2.08. The zero-order valence-corrected chi connectivity index (χ0v) is 8.95. The van der Waals surface area contributed by atoms with E-state index in [1.807, 2.05) is 12.1 Å². The standard InChI is InChI=1S/C12H16N2O/c1-11(5-3-6-11)12(15)8-14-10-9(12)4-2-7-13-10/h2,4,7,15H,3,5-6,8H2,1H3,(H,13,14). The molecule has 2 N–H and O–H groups in total. The van der Waals surface area contributed by atoms with Crippen molar-refractivity contribution >= 4 is 5.82 Å². The zero-order chi connectivity index (χ0) is 10.5. The van der Waals surface area contributed by atoms with Gasteiger partial charge in [0.15, 0.2) is 0 Å². The van der Waals surface area contributed by atoms with Crippen LogP contribution in [0.5, 0.6) is 0 Å². The molecule has 1 aromatic heterocycles. The van der Waals surface area contributed by atoms with Crippen LogP contribution in [-0.4, -0.2) is 16.6 Å². The van der Waals surface area contributed by atoms with Crippen molar-refractivity contribution in [2.45, 2.75) is 31.8 Å². The van der Waals surface area contributed by atoms with Crippen LogP contribution >= 0.6 is 0 Å². The van der Waals surface area contributed by atoms with Crippen molar-refractivity contribution in [3.63, 3.8) is 0 Å². The second-order valence-electron chi connectivity index (χ2n) is 5.03. The molecule has 3 rings (SSSR count). The Bertz CT molecular complexity index is 400. The van der Waals surface area contributed by atoms with E-state index in [0.29, 0.717) is 6.54 Å². The molecule has 3 nitrogen and oxygen atoms in total. The summed E-state index contributed by atoms with van der Waals surface area (Å²) in [6.45, 7) is 2.79. The Morgan fingerprint density at radius 3 is 2.93 bits per heavy atom. The molecule has 1 atom stereocenters. The van der Waals surface area contributed by atoms with Crippen LogP contribution in [0.25, 0.3) is 0 Å². The molecule has 1 saturated carbocycles. The second kappa shape index (κ2) is 2.73. The molecule has 0 saturated heterocycles. The van der Waals surface area contributed by atoms with Crippen molar-refractivity contribution in [3.8, 4) is 0 Å². The summed E-state index contributed by atoms with van der Waals surface area (Å²) >= 11 is 0. The van der Waals surface area contributed by atoms with Gasteiger partial charge in [-0.05, 0) is 18.9 Å². The Morgan fingerprint density at radius 1 is 1.47 bits per heavy atom. The predicted molar refractivity (Wildman–Crippen MR) is 58.6 cm³/mol. The lowest BCUT2D eigenvalue weighted by Crippen LogP contribution is -2.49. The largest absolute Gasteiger partial charge is 0.383 e. The van der Waals surface area contributed by atoms with E-state index in [9.17, 15) is 5.11 Å². The molecule has 0 radical (unpaired) electrons. The number of nitrogens with one attached hydrogen (secondary N) is 1. The quantitative estimate of drug-likeness (QED) is 0.734. The molecule has 2 aliphatic rings. The number of β-amino-alcohol motifs (C(OH)–C–C–N with tert-alkyl or cyclic N) is 1. The predicted octanol–water partition coefficient (Wildman–Crippen LogP) is 1.88. The molecule has 15 heavy (non-hydrogen) atoms. The molecule has 1 aliphatic heterocycles. The molecular formula is C12H16N2O. The SMILES string of the molecule is CC1(C2(O)CNc3ncccc32)CCC1. The first-order chi connectivity index (χ1) is 7.16. The number of hydrogen-bond acceptors (Lipinski definition) is 3. The van der Waals surface area contributed by atoms with Crippen LogP contribution in [0.15, 0.2) is 18.3 Å². The van der Waals surface area contributed by atoms with E-state index >= 15 is 0 Å². The molecule has 2 heterocycles. The van der Waals surface area contributed by atoms with Crippen LogP contribution in [0.1, 0.15) is 31.7 Å². The monoisotopic (exact) mass is 204 g/mol. The smallest absolute Gasteiger partial charge is 0.132 e. The second-order valence-corrected chi connectivity index (χ2v) is 5.03. The third-order valence-corrected chi connectivity index (χ3v) is 4.22. The minimum absolute atomic E-state index is 0.0360. The minimum Gasteiger partial charge on any atom is -0.383 e. The number of anilines is 1. The summed E-state index contributed by atoms with van der Waals surface area (Å²) < 4.78 is 0. The molecule has 0 bridgehead atoms. The third kappa shape index (κ3) is 1.01. The summed E-state index contributed by atoms with van der Waals surface area (Å²) in [5.41, 5.74) is 0.301. The maximum atomic E-state index is 10.8. The van der Waals surface area contributed by atoms with E-state index in [1.54, 1.807) is 6.20 Å². The summed E-state index contributed by atoms with van der Waals surface area (Å²) in [5.74, 6) is 0.855. The number of aliphatic hydroxyl groups is 1. The van der Waals surface area contributed by atoms with Crippen LogP contribution < -0.4 is 5.32 Å². The van der Waals surface area contributed by atoms with Gasteiger partial charge in [-0.15, -0.1) is 0 Å². The van der Waals surface area contributed by atoms with Gasteiger partial charge in [-0.1, -0.05) is 19.4 Å². The minimum atomic E-state index is -0.713. The van der Waals surface area contributed by atoms with Gasteiger partial charge in [0.1, 0.15) is 11.4 Å². The van der Waals surface area contributed by atoms with Crippen molar-refractivity contribution < 1.29 is 5.11 Å². The molecular weight excluding hydrogens is 188 g/mol. The highest BCUT2D eigenvalue weighted by atomic mass is 16.3. The fourth-order valence-corrected chi connectivity index (χ4v) is 2.85. The lowest BCUT2D eigenvalue weighted by molar-refractivity contribution is -0.109. The average Bonchev–Trinajstić information content (AvgIpc) is 2.55. The normalized spacial score (nSPS) is 31.6. The van der Waals surface area contributed by atoms with Crippen LogP contribution in [0.3, 0.4) is 0 Å². The summed E-state index contributed by atoms with van der Waals surface area (Å²) in [7, 11) is 0. The number of pyridine rings is 1. The molecule has 0 amide bonds. The Morgan fingerprint density at radius 2 is 2.27 bits per heavy atom. The molecule has 3 heteroatoms. The fraction of sp³-hybridized carbons (Fsp3) is 0.583. The van der Waals surface area contributed by atoms with Crippen molar-refractivity contribution in [2.75, 3.05) is 11.9 Å². The fourth-order valence-electron chi connectivity index (χ4n) is 2.85. The van der Waals surface area contributed by atoms with Gasteiger partial charge in [-0.3, -0.25) is 0 Å². The lowest BCUT2D eigenvalue weighted by atomic mass is 9.58. The Labute approximate surface area is 89.5 Å². The molecule has 1 unspecified atom stereocenters. The molecule has 0 aromatic carbocycles. The number of hydrogen-bond donors (Lipinski definition) is 2. The molecule has 1 fully saturated rings. The summed E-state index contributed by atoms with van der Waals surface area (Å²) in [6.07, 6.45) is 5.22. The van der Waals surface area contributed by atoms with Crippen LogP contribution in [0.4, 0.5) is 5.82 Å². The van der Waals surface area contributed by atoms with E-state index in [-0.39, 0.29) is 5.41 Å². The van der Waals surface area contributed by atoms with Crippen LogP contribution in [-0.2, 0) is 5.60 Å². The molecule has 0 spiro atoms. The van der Waals surface area contributed by atoms with Crippen molar-refractivity contribution in [2.24, 2.45) is 5.41 Å². The van der Waals surface area contributed by atoms with E-state index in [1.165, 1.54) is 6.42 Å². The topological polar surface area (TPSA) is 45.1 Å². The van der Waals surface area contributed by atoms with E-state index in [0.717, 1.165) is 24.2 Å². The maximum Gasteiger partial charge on any atom is 0.132 e. The highest BCUT2D eigenvalue weighted by molar-refractivity contribution is 5.54. The van der Waals surface area contributed by atoms with Gasteiger partial charge in [0, 0.05) is 23.7 Å². The first-order valence-corrected chi connectivity index (χ1v) is 5.57. The third-order valence-electron chi connectivity index (χ3n) is 4.22. The van der Waals surface area contributed by atoms with Gasteiger partial charge in [0.05, 0.1) is 0 Å². The Hall–Kier alpha value is -1.09. The lowest BCUT2D eigenvalue weighted by Gasteiger charge is -2.49. The van der Waals surface area contributed by atoms with Crippen molar-refractivity contribution in [3.05, 3.63) is 23.9 Å². The number of aromatic nitrogens is 1. The first kappa shape index (κ1) is 9.16. The van der Waals surface area contributed by atoms with Gasteiger partial charge in [0.25, 0.3) is 0 Å². The number of fused-ring (bicyclic) bond motifs is 1. The van der Waals surface area contributed by atoms with Crippen LogP contribution in [0, 0.1) is 5.41 Å². The highest BCUT2D eigenvalue weighted by Gasteiger charge is 2.54. The first-order valence-electron chi connectivity index (χ1n) is 5.57. The summed E-state index contributed by atoms with van der Waals surface area (Å²) in [5, 5.41) is 14.0. The number of rotatable bonds is 1. The van der Waals surface area contributed by atoms with Gasteiger partial charge in [-0.25, -0.2) is 4.98 Å². The highest BCUT2D eigenvalue weighted by Crippen LogP contribution is 2.56. The molecule has 1 aromatic rings. The van der Waals surface area contributed by atoms with E-state index in [2.05, 4.69) is 17.2 Å². The average molecular weight is 204 g/mol. The van der Waals surface area contributed by atoms with Crippen molar-refractivity contribution in [1.29, 1.82) is 0 Å².